The Labute approximate surface area is 249 Å². The molecule has 9 nitrogen and oxygen atoms in total. The number of amides is 1. The number of rotatable bonds is 6. The molecule has 2 aliphatic heterocycles. The van der Waals surface area contributed by atoms with Crippen molar-refractivity contribution in [2.75, 3.05) is 33.2 Å². The molecule has 1 aromatic carbocycles. The van der Waals surface area contributed by atoms with Gasteiger partial charge in [0.2, 0.25) is 11.7 Å². The van der Waals surface area contributed by atoms with Gasteiger partial charge in [-0.2, -0.15) is 4.98 Å². The molecule has 3 aromatic rings. The van der Waals surface area contributed by atoms with Crippen LogP contribution >= 0.6 is 0 Å². The molecule has 4 heterocycles. The number of benzene rings is 1. The summed E-state index contributed by atoms with van der Waals surface area (Å²) in [5.74, 6) is 1.55. The number of ether oxygens (including phenoxy) is 1. The zero-order valence-corrected chi connectivity index (χ0v) is 26.2. The van der Waals surface area contributed by atoms with E-state index in [9.17, 15) is 9.90 Å². The second kappa shape index (κ2) is 11.1. The minimum absolute atomic E-state index is 0.0295. The predicted molar refractivity (Wildman–Crippen MR) is 161 cm³/mol. The lowest BCUT2D eigenvalue weighted by atomic mass is 9.62. The first-order valence-electron chi connectivity index (χ1n) is 15.0. The molecular formula is C33H45N5O4. The predicted octanol–water partition coefficient (Wildman–Crippen LogP) is 5.80. The van der Waals surface area contributed by atoms with Crippen molar-refractivity contribution in [3.63, 3.8) is 0 Å². The van der Waals surface area contributed by atoms with Gasteiger partial charge in [0.15, 0.2) is 0 Å². The second-order valence-corrected chi connectivity index (χ2v) is 13.9. The maximum Gasteiger partial charge on any atom is 0.410 e. The van der Waals surface area contributed by atoms with Crippen LogP contribution in [0.1, 0.15) is 89.3 Å². The van der Waals surface area contributed by atoms with E-state index in [2.05, 4.69) is 61.9 Å². The molecule has 3 atom stereocenters. The third kappa shape index (κ3) is 5.69. The molecule has 226 valence electrons. The van der Waals surface area contributed by atoms with Gasteiger partial charge in [0.25, 0.3) is 0 Å². The number of aromatic nitrogens is 3. The topological polar surface area (TPSA) is 105 Å². The van der Waals surface area contributed by atoms with E-state index in [4.69, 9.17) is 14.2 Å². The van der Waals surface area contributed by atoms with E-state index in [-0.39, 0.29) is 17.9 Å². The van der Waals surface area contributed by atoms with Gasteiger partial charge in [-0.1, -0.05) is 57.1 Å². The molecule has 42 heavy (non-hydrogen) atoms. The number of piperidine rings is 1. The molecule has 0 radical (unpaired) electrons. The fourth-order valence-electron chi connectivity index (χ4n) is 6.61. The monoisotopic (exact) mass is 575 g/mol. The van der Waals surface area contributed by atoms with Crippen molar-refractivity contribution in [2.24, 2.45) is 11.3 Å². The summed E-state index contributed by atoms with van der Waals surface area (Å²) in [7, 11) is 2.07. The van der Waals surface area contributed by atoms with Gasteiger partial charge in [-0.3, -0.25) is 4.98 Å². The first-order chi connectivity index (χ1) is 19.7. The van der Waals surface area contributed by atoms with E-state index < -0.39 is 16.6 Å². The Bertz CT molecular complexity index is 1410. The van der Waals surface area contributed by atoms with E-state index in [0.717, 1.165) is 18.7 Å². The molecule has 0 bridgehead atoms. The van der Waals surface area contributed by atoms with Crippen molar-refractivity contribution >= 4 is 6.09 Å². The summed E-state index contributed by atoms with van der Waals surface area (Å²) < 4.78 is 11.3. The largest absolute Gasteiger partial charge is 0.444 e. The van der Waals surface area contributed by atoms with Crippen molar-refractivity contribution in [3.05, 3.63) is 65.3 Å². The first kappa shape index (κ1) is 30.2. The number of nitrogens with zero attached hydrogens (tertiary/aromatic N) is 5. The highest BCUT2D eigenvalue weighted by molar-refractivity contribution is 5.68. The number of hydrogen-bond acceptors (Lipinski definition) is 8. The summed E-state index contributed by atoms with van der Waals surface area (Å²) in [5.41, 5.74) is 1.29. The van der Waals surface area contributed by atoms with Gasteiger partial charge in [0.05, 0.1) is 0 Å². The number of carbonyl (C=O) groups excluding carboxylic acids is 1. The fourth-order valence-corrected chi connectivity index (χ4v) is 6.61. The SMILES string of the molecule is CC(C)c1ccc(C(O)(c2cncc(-c3noc(C4CCN(C(=O)OC(C)(C)C)CC4C)n3)c2)C2(C)CN(C)C2)cc1. The van der Waals surface area contributed by atoms with E-state index in [1.165, 1.54) is 5.56 Å². The molecule has 0 aliphatic carbocycles. The first-order valence-corrected chi connectivity index (χ1v) is 15.0. The molecule has 5 rings (SSSR count). The Kier molecular flexibility index (Phi) is 7.96. The minimum Gasteiger partial charge on any atom is -0.444 e. The molecule has 2 saturated heterocycles. The molecule has 2 aromatic heterocycles. The van der Waals surface area contributed by atoms with Gasteiger partial charge >= 0.3 is 6.09 Å². The van der Waals surface area contributed by atoms with Crippen LogP contribution < -0.4 is 0 Å². The van der Waals surface area contributed by atoms with Crippen LogP contribution in [0, 0.1) is 11.3 Å². The van der Waals surface area contributed by atoms with Gasteiger partial charge in [-0.25, -0.2) is 4.79 Å². The van der Waals surface area contributed by atoms with Gasteiger partial charge in [0, 0.05) is 61.0 Å². The van der Waals surface area contributed by atoms with Crippen LogP contribution in [0.25, 0.3) is 11.4 Å². The molecule has 1 amide bonds. The number of pyridine rings is 1. The molecule has 9 heteroatoms. The summed E-state index contributed by atoms with van der Waals surface area (Å²) >= 11 is 0. The van der Waals surface area contributed by atoms with Crippen LogP contribution in [0.3, 0.4) is 0 Å². The summed E-state index contributed by atoms with van der Waals surface area (Å²) in [6.07, 6.45) is 3.88. The summed E-state index contributed by atoms with van der Waals surface area (Å²) in [5, 5.41) is 16.9. The lowest BCUT2D eigenvalue weighted by Gasteiger charge is -2.55. The minimum atomic E-state index is -1.26. The molecule has 2 fully saturated rings. The Morgan fingerprint density at radius 1 is 1.14 bits per heavy atom. The van der Waals surface area contributed by atoms with E-state index in [0.29, 0.717) is 48.3 Å². The smallest absolute Gasteiger partial charge is 0.410 e. The summed E-state index contributed by atoms with van der Waals surface area (Å²) in [4.78, 5) is 25.9. The van der Waals surface area contributed by atoms with Gasteiger partial charge < -0.3 is 24.2 Å². The summed E-state index contributed by atoms with van der Waals surface area (Å²) in [6.45, 7) is 16.8. The summed E-state index contributed by atoms with van der Waals surface area (Å²) in [6, 6.07) is 10.2. The average Bonchev–Trinajstić information content (AvgIpc) is 3.41. The highest BCUT2D eigenvalue weighted by Gasteiger charge is 2.55. The maximum absolute atomic E-state index is 12.6. The number of carbonyl (C=O) groups is 1. The standard InChI is InChI=1S/C33H45N5O4/c1-21(2)23-9-11-25(12-10-23)33(40,32(7)19-37(8)20-32)26-15-24(16-34-17-26)28-35-29(42-36-28)27-13-14-38(18-22(27)3)30(39)41-31(4,5)6/h9-12,15-17,21-22,27,40H,13-14,18-20H2,1-8H3. The Hall–Kier alpha value is -3.30. The van der Waals surface area contributed by atoms with Crippen LogP contribution in [0.2, 0.25) is 0 Å². The Balaban J connectivity index is 1.40. The zero-order valence-electron chi connectivity index (χ0n) is 26.2. The van der Waals surface area contributed by atoms with Crippen LogP contribution in [0.5, 0.6) is 0 Å². The van der Waals surface area contributed by atoms with E-state index in [1.54, 1.807) is 17.3 Å². The fraction of sp³-hybridized carbons (Fsp3) is 0.576. The van der Waals surface area contributed by atoms with E-state index >= 15 is 0 Å². The lowest BCUT2D eigenvalue weighted by molar-refractivity contribution is -0.127. The lowest BCUT2D eigenvalue weighted by Crippen LogP contribution is -2.63. The third-order valence-electron chi connectivity index (χ3n) is 8.84. The number of likely N-dealkylation sites (tertiary alicyclic amines) is 2. The molecule has 2 aliphatic rings. The molecule has 0 saturated carbocycles. The van der Waals surface area contributed by atoms with Crippen molar-refractivity contribution in [1.82, 2.24) is 24.9 Å². The average molecular weight is 576 g/mol. The second-order valence-electron chi connectivity index (χ2n) is 13.9. The number of aliphatic hydroxyl groups is 1. The van der Waals surface area contributed by atoms with Crippen LogP contribution in [-0.4, -0.2) is 75.0 Å². The Morgan fingerprint density at radius 2 is 1.83 bits per heavy atom. The molecule has 3 unspecified atom stereocenters. The molecule has 1 N–H and O–H groups in total. The van der Waals surface area contributed by atoms with Crippen molar-refractivity contribution < 1.29 is 19.2 Å². The van der Waals surface area contributed by atoms with Gasteiger partial charge in [-0.15, -0.1) is 0 Å². The third-order valence-corrected chi connectivity index (χ3v) is 8.84. The van der Waals surface area contributed by atoms with Gasteiger partial charge in [0.1, 0.15) is 11.2 Å². The maximum atomic E-state index is 12.6. The Morgan fingerprint density at radius 3 is 2.43 bits per heavy atom. The highest BCUT2D eigenvalue weighted by atomic mass is 16.6. The highest BCUT2D eigenvalue weighted by Crippen LogP contribution is 2.50. The van der Waals surface area contributed by atoms with Crippen LogP contribution in [0.4, 0.5) is 4.79 Å². The van der Waals surface area contributed by atoms with E-state index in [1.807, 2.05) is 39.0 Å². The van der Waals surface area contributed by atoms with Crippen LogP contribution in [-0.2, 0) is 10.3 Å². The molecular weight excluding hydrogens is 530 g/mol. The quantitative estimate of drug-likeness (QED) is 0.393. The van der Waals surface area contributed by atoms with Crippen molar-refractivity contribution in [3.8, 4) is 11.4 Å². The van der Waals surface area contributed by atoms with Crippen LogP contribution in [0.15, 0.2) is 47.2 Å². The van der Waals surface area contributed by atoms with Crippen molar-refractivity contribution in [1.29, 1.82) is 0 Å². The zero-order chi connectivity index (χ0) is 30.4. The van der Waals surface area contributed by atoms with Crippen molar-refractivity contribution in [2.45, 2.75) is 77.9 Å². The van der Waals surface area contributed by atoms with Gasteiger partial charge in [-0.05, 0) is 63.3 Å². The molecule has 0 spiro atoms. The normalized spacial score (nSPS) is 22.5. The number of hydrogen-bond donors (Lipinski definition) is 1.